The minimum atomic E-state index is -1.16. The van der Waals surface area contributed by atoms with E-state index < -0.39 is 30.1 Å². The molecule has 9 nitrogen and oxygen atoms in total. The standard InChI is InChI=1S/C27H40N4O5/c1-16(2)13-20(28-25(34)18-7-9-19(10-8-18)29(5)6)26(35)30-12-11-21-24(30)23(33)15-31(21)27(36)22(32)14-17(3)4/h7-10,16-17,20-22,24,32H,11-15H2,1-6H3,(H,28,34)/t20-,21?,22-,24?/m0/s1. The first kappa shape index (κ1) is 27.6. The fourth-order valence-corrected chi connectivity index (χ4v) is 5.14. The van der Waals surface area contributed by atoms with Gasteiger partial charge in [-0.25, -0.2) is 0 Å². The van der Waals surface area contributed by atoms with Gasteiger partial charge in [0.25, 0.3) is 11.8 Å². The van der Waals surface area contributed by atoms with Crippen LogP contribution in [0.2, 0.25) is 0 Å². The third-order valence-corrected chi connectivity index (χ3v) is 6.92. The van der Waals surface area contributed by atoms with E-state index in [9.17, 15) is 24.3 Å². The maximum Gasteiger partial charge on any atom is 0.252 e. The molecule has 198 valence electrons. The first-order chi connectivity index (χ1) is 16.9. The van der Waals surface area contributed by atoms with Crippen LogP contribution in [0.4, 0.5) is 5.69 Å². The molecule has 4 atom stereocenters. The van der Waals surface area contributed by atoms with Crippen molar-refractivity contribution in [3.05, 3.63) is 29.8 Å². The second-order valence-electron chi connectivity index (χ2n) is 11.0. The van der Waals surface area contributed by atoms with Crippen molar-refractivity contribution in [1.82, 2.24) is 15.1 Å². The number of nitrogens with zero attached hydrogens (tertiary/aromatic N) is 3. The predicted octanol–water partition coefficient (Wildman–Crippen LogP) is 1.68. The summed E-state index contributed by atoms with van der Waals surface area (Å²) in [5, 5.41) is 13.2. The monoisotopic (exact) mass is 500 g/mol. The van der Waals surface area contributed by atoms with Gasteiger partial charge in [-0.1, -0.05) is 27.7 Å². The molecule has 0 aromatic heterocycles. The number of anilines is 1. The van der Waals surface area contributed by atoms with Crippen LogP contribution in [0, 0.1) is 11.8 Å². The Balaban J connectivity index is 1.74. The molecule has 1 aromatic rings. The maximum absolute atomic E-state index is 13.6. The van der Waals surface area contributed by atoms with Crippen LogP contribution in [-0.2, 0) is 14.4 Å². The van der Waals surface area contributed by atoms with E-state index in [0.717, 1.165) is 5.69 Å². The summed E-state index contributed by atoms with van der Waals surface area (Å²) in [5.41, 5.74) is 1.41. The largest absolute Gasteiger partial charge is 0.383 e. The molecule has 2 saturated heterocycles. The van der Waals surface area contributed by atoms with E-state index in [2.05, 4.69) is 5.32 Å². The van der Waals surface area contributed by atoms with Gasteiger partial charge in [-0.15, -0.1) is 0 Å². The van der Waals surface area contributed by atoms with Crippen molar-refractivity contribution in [2.75, 3.05) is 32.1 Å². The van der Waals surface area contributed by atoms with E-state index in [1.807, 2.05) is 58.8 Å². The zero-order valence-electron chi connectivity index (χ0n) is 22.2. The van der Waals surface area contributed by atoms with E-state index in [1.54, 1.807) is 12.1 Å². The molecule has 2 aliphatic rings. The van der Waals surface area contributed by atoms with Crippen LogP contribution in [0.15, 0.2) is 24.3 Å². The average Bonchev–Trinajstić information content (AvgIpc) is 3.38. The van der Waals surface area contributed by atoms with Gasteiger partial charge in [0.1, 0.15) is 18.2 Å². The molecule has 0 saturated carbocycles. The number of rotatable bonds is 9. The molecule has 0 bridgehead atoms. The summed E-state index contributed by atoms with van der Waals surface area (Å²) >= 11 is 0. The Morgan fingerprint density at radius 3 is 2.17 bits per heavy atom. The van der Waals surface area contributed by atoms with E-state index in [-0.39, 0.29) is 36.0 Å². The normalized spacial score (nSPS) is 21.1. The Morgan fingerprint density at radius 1 is 1.00 bits per heavy atom. The lowest BCUT2D eigenvalue weighted by Crippen LogP contribution is -2.53. The summed E-state index contributed by atoms with van der Waals surface area (Å²) in [5.74, 6) is -1.03. The van der Waals surface area contributed by atoms with Crippen molar-refractivity contribution in [3.63, 3.8) is 0 Å². The van der Waals surface area contributed by atoms with Crippen LogP contribution in [0.25, 0.3) is 0 Å². The van der Waals surface area contributed by atoms with Gasteiger partial charge >= 0.3 is 0 Å². The van der Waals surface area contributed by atoms with Crippen molar-refractivity contribution in [2.24, 2.45) is 11.8 Å². The van der Waals surface area contributed by atoms with Crippen LogP contribution in [0.1, 0.15) is 57.3 Å². The van der Waals surface area contributed by atoms with Crippen LogP contribution in [0.3, 0.4) is 0 Å². The molecule has 0 radical (unpaired) electrons. The number of Topliss-reactive ketones (excluding diaryl/α,β-unsaturated/α-hetero) is 1. The minimum Gasteiger partial charge on any atom is -0.383 e. The number of benzene rings is 1. The average molecular weight is 501 g/mol. The molecule has 1 aromatic carbocycles. The highest BCUT2D eigenvalue weighted by atomic mass is 16.3. The Labute approximate surface area is 213 Å². The summed E-state index contributed by atoms with van der Waals surface area (Å²) in [6.45, 7) is 8.01. The topological polar surface area (TPSA) is 110 Å². The lowest BCUT2D eigenvalue weighted by Gasteiger charge is -2.29. The van der Waals surface area contributed by atoms with Crippen molar-refractivity contribution in [1.29, 1.82) is 0 Å². The third-order valence-electron chi connectivity index (χ3n) is 6.92. The molecule has 0 aliphatic carbocycles. The number of ketones is 1. The summed E-state index contributed by atoms with van der Waals surface area (Å²) in [6, 6.07) is 5.17. The highest BCUT2D eigenvalue weighted by Gasteiger charge is 2.52. The van der Waals surface area contributed by atoms with Gasteiger partial charge in [-0.05, 0) is 55.4 Å². The van der Waals surface area contributed by atoms with Crippen LogP contribution < -0.4 is 10.2 Å². The van der Waals surface area contributed by atoms with Crippen molar-refractivity contribution < 1.29 is 24.3 Å². The number of nitrogens with one attached hydrogen (secondary N) is 1. The van der Waals surface area contributed by atoms with Gasteiger partial charge in [-0.3, -0.25) is 19.2 Å². The molecule has 3 rings (SSSR count). The Kier molecular flexibility index (Phi) is 8.76. The zero-order valence-corrected chi connectivity index (χ0v) is 22.2. The van der Waals surface area contributed by atoms with E-state index >= 15 is 0 Å². The second-order valence-corrected chi connectivity index (χ2v) is 11.0. The van der Waals surface area contributed by atoms with Crippen molar-refractivity contribution in [2.45, 2.75) is 71.2 Å². The van der Waals surface area contributed by atoms with Gasteiger partial charge in [0, 0.05) is 31.9 Å². The number of carbonyl (C=O) groups excluding carboxylic acids is 4. The first-order valence-electron chi connectivity index (χ1n) is 12.8. The molecule has 2 unspecified atom stereocenters. The fraction of sp³-hybridized carbons (Fsp3) is 0.630. The lowest BCUT2D eigenvalue weighted by atomic mass is 10.0. The molecule has 2 aliphatic heterocycles. The highest BCUT2D eigenvalue weighted by molar-refractivity contribution is 6.01. The molecule has 2 heterocycles. The Morgan fingerprint density at radius 2 is 1.61 bits per heavy atom. The van der Waals surface area contributed by atoms with Crippen LogP contribution in [-0.4, -0.2) is 89.8 Å². The zero-order chi connectivity index (χ0) is 26.7. The van der Waals surface area contributed by atoms with Gasteiger partial charge in [0.15, 0.2) is 5.78 Å². The summed E-state index contributed by atoms with van der Waals surface area (Å²) < 4.78 is 0. The lowest BCUT2D eigenvalue weighted by molar-refractivity contribution is -0.142. The SMILES string of the molecule is CC(C)C[C@H](NC(=O)c1ccc(N(C)C)cc1)C(=O)N1CCC2C1C(=O)CN2C(=O)[C@@H](O)CC(C)C. The van der Waals surface area contributed by atoms with Gasteiger partial charge in [0.05, 0.1) is 12.6 Å². The number of likely N-dealkylation sites (tertiary alicyclic amines) is 2. The van der Waals surface area contributed by atoms with Gasteiger partial charge < -0.3 is 25.1 Å². The molecule has 2 fully saturated rings. The molecule has 2 N–H and O–H groups in total. The fourth-order valence-electron chi connectivity index (χ4n) is 5.14. The summed E-state index contributed by atoms with van der Waals surface area (Å²) in [4.78, 5) is 57.3. The molecular weight excluding hydrogens is 460 g/mol. The van der Waals surface area contributed by atoms with Crippen LogP contribution >= 0.6 is 0 Å². The number of amides is 3. The van der Waals surface area contributed by atoms with Crippen molar-refractivity contribution >= 4 is 29.2 Å². The van der Waals surface area contributed by atoms with Crippen LogP contribution in [0.5, 0.6) is 0 Å². The minimum absolute atomic E-state index is 0.105. The third kappa shape index (κ3) is 6.06. The van der Waals surface area contributed by atoms with Gasteiger partial charge in [-0.2, -0.15) is 0 Å². The van der Waals surface area contributed by atoms with E-state index in [1.165, 1.54) is 9.80 Å². The molecule has 3 amide bonds. The maximum atomic E-state index is 13.6. The van der Waals surface area contributed by atoms with Gasteiger partial charge in [0.2, 0.25) is 5.91 Å². The summed E-state index contributed by atoms with van der Waals surface area (Å²) in [6.07, 6.45) is 0.0595. The predicted molar refractivity (Wildman–Crippen MR) is 138 cm³/mol. The first-order valence-corrected chi connectivity index (χ1v) is 12.8. The number of carbonyl (C=O) groups is 4. The highest BCUT2D eigenvalue weighted by Crippen LogP contribution is 2.31. The molecular formula is C27H40N4O5. The second kappa shape index (κ2) is 11.4. The Hall–Kier alpha value is -2.94. The van der Waals surface area contributed by atoms with E-state index in [4.69, 9.17) is 0 Å². The number of hydrogen-bond acceptors (Lipinski definition) is 6. The molecule has 9 heteroatoms. The van der Waals surface area contributed by atoms with E-state index in [0.29, 0.717) is 31.4 Å². The molecule has 0 spiro atoms. The molecule has 36 heavy (non-hydrogen) atoms. The number of hydrogen-bond donors (Lipinski definition) is 2. The Bertz CT molecular complexity index is 975. The quantitative estimate of drug-likeness (QED) is 0.534. The smallest absolute Gasteiger partial charge is 0.252 e. The summed E-state index contributed by atoms with van der Waals surface area (Å²) in [7, 11) is 3.83. The number of aliphatic hydroxyl groups is 1. The van der Waals surface area contributed by atoms with Crippen molar-refractivity contribution in [3.8, 4) is 0 Å². The number of aliphatic hydroxyl groups excluding tert-OH is 1. The number of fused-ring (bicyclic) bond motifs is 1.